The van der Waals surface area contributed by atoms with Crippen molar-refractivity contribution < 1.29 is 47.5 Å². The Morgan fingerprint density at radius 3 is 1.44 bits per heavy atom. The average Bonchev–Trinajstić information content (AvgIpc) is 3.21. The van der Waals surface area contributed by atoms with E-state index >= 15 is 0 Å². The lowest BCUT2D eigenvalue weighted by atomic mass is 10.1. The van der Waals surface area contributed by atoms with Crippen molar-refractivity contribution in [3.05, 3.63) is 85.1 Å². The highest BCUT2D eigenvalue weighted by Crippen LogP contribution is 2.43. The maximum absolute atomic E-state index is 12.6. The van der Waals surface area contributed by atoms with E-state index in [4.69, 9.17) is 24.8 Å². The number of phosphoric acid groups is 1. The third kappa shape index (κ3) is 41.2. The quantitative estimate of drug-likeness (QED) is 0.0232. The molecule has 0 saturated carbocycles. The molecular formula is C47H78NO10P. The predicted molar refractivity (Wildman–Crippen MR) is 240 cm³/mol. The van der Waals surface area contributed by atoms with Crippen LogP contribution in [0.2, 0.25) is 0 Å². The summed E-state index contributed by atoms with van der Waals surface area (Å²) in [6.45, 7) is 2.61. The molecule has 0 aromatic rings. The smallest absolute Gasteiger partial charge is 0.472 e. The van der Waals surface area contributed by atoms with Crippen molar-refractivity contribution in [2.45, 2.75) is 174 Å². The van der Waals surface area contributed by atoms with Gasteiger partial charge in [0.1, 0.15) is 12.6 Å². The lowest BCUT2D eigenvalue weighted by Crippen LogP contribution is -2.34. The monoisotopic (exact) mass is 848 g/mol. The topological polar surface area (TPSA) is 172 Å². The Kier molecular flexibility index (Phi) is 39.1. The van der Waals surface area contributed by atoms with Crippen LogP contribution in [0.4, 0.5) is 0 Å². The molecule has 336 valence electrons. The van der Waals surface area contributed by atoms with Gasteiger partial charge in [0, 0.05) is 12.8 Å². The first-order valence-electron chi connectivity index (χ1n) is 22.1. The van der Waals surface area contributed by atoms with Crippen LogP contribution in [0.5, 0.6) is 0 Å². The Morgan fingerprint density at radius 1 is 0.542 bits per heavy atom. The number of ether oxygens (including phenoxy) is 2. The molecule has 3 atom stereocenters. The van der Waals surface area contributed by atoms with Gasteiger partial charge in [-0.05, 0) is 89.9 Å². The summed E-state index contributed by atoms with van der Waals surface area (Å²) in [6, 6.07) is -1.53. The van der Waals surface area contributed by atoms with Gasteiger partial charge in [-0.15, -0.1) is 0 Å². The van der Waals surface area contributed by atoms with Gasteiger partial charge in [0.15, 0.2) is 6.10 Å². The number of carbonyl (C=O) groups is 3. The van der Waals surface area contributed by atoms with Gasteiger partial charge in [0.25, 0.3) is 0 Å². The highest BCUT2D eigenvalue weighted by atomic mass is 31.2. The summed E-state index contributed by atoms with van der Waals surface area (Å²) < 4.78 is 32.7. The van der Waals surface area contributed by atoms with Crippen LogP contribution in [0.3, 0.4) is 0 Å². The fourth-order valence-electron chi connectivity index (χ4n) is 5.41. The zero-order valence-corrected chi connectivity index (χ0v) is 37.2. The molecule has 0 aromatic carbocycles. The molecule has 0 rings (SSSR count). The Hall–Kier alpha value is -3.34. The molecule has 59 heavy (non-hydrogen) atoms. The molecule has 0 aliphatic rings. The molecule has 3 unspecified atom stereocenters. The van der Waals surface area contributed by atoms with E-state index in [-0.39, 0.29) is 19.4 Å². The van der Waals surface area contributed by atoms with Crippen molar-refractivity contribution in [3.63, 3.8) is 0 Å². The summed E-state index contributed by atoms with van der Waals surface area (Å²) in [5.41, 5.74) is 5.33. The van der Waals surface area contributed by atoms with Gasteiger partial charge < -0.3 is 25.2 Å². The summed E-state index contributed by atoms with van der Waals surface area (Å²) in [4.78, 5) is 46.0. The van der Waals surface area contributed by atoms with Gasteiger partial charge >= 0.3 is 25.7 Å². The second-order valence-electron chi connectivity index (χ2n) is 14.4. The first-order valence-corrected chi connectivity index (χ1v) is 23.6. The van der Waals surface area contributed by atoms with E-state index in [0.29, 0.717) is 12.8 Å². The van der Waals surface area contributed by atoms with Crippen LogP contribution in [-0.4, -0.2) is 59.9 Å². The lowest BCUT2D eigenvalue weighted by molar-refractivity contribution is -0.161. The molecule has 0 aromatic heterocycles. The van der Waals surface area contributed by atoms with Gasteiger partial charge in [-0.3, -0.25) is 23.4 Å². The standard InChI is InChI=1S/C47H78NO10P/c1-3-5-7-9-11-13-15-17-19-21-22-23-25-27-29-31-33-35-37-39-46(50)58-43(41-56-59(53,54)57-42-44(48)47(51)52)40-55-45(49)38-36-34-32-30-28-26-24-20-18-16-14-12-10-8-6-4-2/h5,7,11,13-14,16-17,19-20,22-24,27,29,43-44H,3-4,6,8-10,12,15,18,21,25-26,28,30-42,48H2,1-2H3,(H,51,52)(H,53,54)/b7-5-,13-11-,16-14-,19-17-,23-22-,24-20-,29-27-. The van der Waals surface area contributed by atoms with Crippen LogP contribution in [-0.2, 0) is 37.5 Å². The molecular weight excluding hydrogens is 769 g/mol. The van der Waals surface area contributed by atoms with E-state index in [9.17, 15) is 23.8 Å². The molecule has 12 heteroatoms. The third-order valence-corrected chi connectivity index (χ3v) is 9.83. The fraction of sp³-hybridized carbons (Fsp3) is 0.638. The first-order chi connectivity index (χ1) is 28.6. The van der Waals surface area contributed by atoms with Gasteiger partial charge in [-0.2, -0.15) is 0 Å². The summed E-state index contributed by atoms with van der Waals surface area (Å²) in [5, 5.41) is 8.89. The Bertz CT molecular complexity index is 1320. The second kappa shape index (κ2) is 41.4. The number of carbonyl (C=O) groups excluding carboxylic acids is 2. The number of esters is 2. The number of hydrogen-bond donors (Lipinski definition) is 3. The zero-order valence-electron chi connectivity index (χ0n) is 36.3. The predicted octanol–water partition coefficient (Wildman–Crippen LogP) is 11.9. The van der Waals surface area contributed by atoms with Crippen molar-refractivity contribution in [2.24, 2.45) is 5.73 Å². The number of rotatable bonds is 40. The van der Waals surface area contributed by atoms with Crippen LogP contribution >= 0.6 is 7.82 Å². The largest absolute Gasteiger partial charge is 0.480 e. The molecule has 4 N–H and O–H groups in total. The van der Waals surface area contributed by atoms with E-state index in [2.05, 4.69) is 103 Å². The number of allylic oxidation sites excluding steroid dienone is 14. The summed E-state index contributed by atoms with van der Waals surface area (Å²) in [5.74, 6) is -2.45. The van der Waals surface area contributed by atoms with Crippen molar-refractivity contribution >= 4 is 25.7 Å². The van der Waals surface area contributed by atoms with E-state index in [1.54, 1.807) is 0 Å². The Labute approximate surface area is 356 Å². The summed E-state index contributed by atoms with van der Waals surface area (Å²) >= 11 is 0. The Morgan fingerprint density at radius 2 is 0.949 bits per heavy atom. The fourth-order valence-corrected chi connectivity index (χ4v) is 6.19. The number of phosphoric ester groups is 1. The molecule has 0 aliphatic heterocycles. The van der Waals surface area contributed by atoms with E-state index in [0.717, 1.165) is 96.3 Å². The number of hydrogen-bond acceptors (Lipinski definition) is 9. The number of nitrogens with two attached hydrogens (primary N) is 1. The molecule has 0 fully saturated rings. The van der Waals surface area contributed by atoms with Gasteiger partial charge in [0.05, 0.1) is 13.2 Å². The van der Waals surface area contributed by atoms with Crippen LogP contribution in [0.1, 0.15) is 162 Å². The third-order valence-electron chi connectivity index (χ3n) is 8.88. The highest BCUT2D eigenvalue weighted by molar-refractivity contribution is 7.47. The molecule has 0 aliphatic carbocycles. The van der Waals surface area contributed by atoms with Crippen molar-refractivity contribution in [1.29, 1.82) is 0 Å². The minimum absolute atomic E-state index is 0.114. The molecule has 0 amide bonds. The Balaban J connectivity index is 4.47. The average molecular weight is 848 g/mol. The van der Waals surface area contributed by atoms with Crippen LogP contribution in [0.25, 0.3) is 0 Å². The molecule has 0 spiro atoms. The van der Waals surface area contributed by atoms with Crippen molar-refractivity contribution in [3.8, 4) is 0 Å². The zero-order chi connectivity index (χ0) is 43.5. The van der Waals surface area contributed by atoms with Crippen molar-refractivity contribution in [2.75, 3.05) is 19.8 Å². The molecule has 0 radical (unpaired) electrons. The number of carboxylic acids is 1. The van der Waals surface area contributed by atoms with Gasteiger partial charge in [0.2, 0.25) is 0 Å². The summed E-state index contributed by atoms with van der Waals surface area (Å²) in [6.07, 6.45) is 50.7. The molecule has 11 nitrogen and oxygen atoms in total. The van der Waals surface area contributed by atoms with Gasteiger partial charge in [-0.25, -0.2) is 4.57 Å². The van der Waals surface area contributed by atoms with Gasteiger partial charge in [-0.1, -0.05) is 144 Å². The van der Waals surface area contributed by atoms with Crippen LogP contribution < -0.4 is 5.73 Å². The number of unbranched alkanes of at least 4 members (excludes halogenated alkanes) is 12. The van der Waals surface area contributed by atoms with E-state index < -0.39 is 51.1 Å². The van der Waals surface area contributed by atoms with E-state index in [1.807, 2.05) is 0 Å². The minimum Gasteiger partial charge on any atom is -0.480 e. The number of carboxylic acid groups (broad SMARTS) is 1. The van der Waals surface area contributed by atoms with Crippen LogP contribution in [0, 0.1) is 0 Å². The van der Waals surface area contributed by atoms with Crippen LogP contribution in [0.15, 0.2) is 85.1 Å². The maximum atomic E-state index is 12.6. The van der Waals surface area contributed by atoms with Crippen molar-refractivity contribution in [1.82, 2.24) is 0 Å². The van der Waals surface area contributed by atoms with E-state index in [1.165, 1.54) is 25.7 Å². The first kappa shape index (κ1) is 55.7. The number of aliphatic carboxylic acids is 1. The highest BCUT2D eigenvalue weighted by Gasteiger charge is 2.28. The second-order valence-corrected chi connectivity index (χ2v) is 15.9. The summed E-state index contributed by atoms with van der Waals surface area (Å²) in [7, 11) is -4.74. The minimum atomic E-state index is -4.74. The lowest BCUT2D eigenvalue weighted by Gasteiger charge is -2.20. The maximum Gasteiger partial charge on any atom is 0.472 e. The molecule has 0 heterocycles. The SMILES string of the molecule is CC/C=C\C/C=C\C/C=C\C/C=C\C/C=C\CCCCCC(=O)OC(COC(=O)CCCCCCC/C=C\C/C=C\CCCCCC)COP(=O)(O)OCC(N)C(=O)O. The molecule has 0 saturated heterocycles. The molecule has 0 bridgehead atoms. The normalized spacial score (nSPS) is 14.5.